The standard InChI is InChI=1S/C5H9N3.C4H6N2.C2H6/c1-4(2)5-6-3-7-8-5;1-4-5-2-3-6-4;1-2/h3-4H,1-2H3,(H,6,7,8);2-3H,1H3,(H,5,6);1-2H3. The number of rotatable bonds is 1. The molecule has 16 heavy (non-hydrogen) atoms. The zero-order valence-electron chi connectivity index (χ0n) is 10.7. The highest BCUT2D eigenvalue weighted by molar-refractivity contribution is 4.86. The van der Waals surface area contributed by atoms with E-state index in [0.717, 1.165) is 11.6 Å². The molecule has 0 saturated carbocycles. The quantitative estimate of drug-likeness (QED) is 0.780. The molecule has 0 atom stereocenters. The fourth-order valence-electron chi connectivity index (χ4n) is 0.837. The molecule has 2 rings (SSSR count). The molecule has 0 bridgehead atoms. The second-order valence-corrected chi connectivity index (χ2v) is 3.20. The van der Waals surface area contributed by atoms with E-state index in [9.17, 15) is 0 Å². The number of hydrogen-bond acceptors (Lipinski definition) is 3. The van der Waals surface area contributed by atoms with E-state index in [2.05, 4.69) is 39.0 Å². The number of imidazole rings is 1. The van der Waals surface area contributed by atoms with Crippen molar-refractivity contribution in [1.82, 2.24) is 25.1 Å². The normalized spacial score (nSPS) is 8.88. The van der Waals surface area contributed by atoms with Crippen LogP contribution in [0.1, 0.15) is 45.3 Å². The second kappa shape index (κ2) is 8.64. The Kier molecular flexibility index (Phi) is 7.75. The molecule has 2 aromatic heterocycles. The number of hydrogen-bond donors (Lipinski definition) is 2. The van der Waals surface area contributed by atoms with Crippen molar-refractivity contribution in [2.24, 2.45) is 0 Å². The molecule has 90 valence electrons. The van der Waals surface area contributed by atoms with Crippen LogP contribution < -0.4 is 0 Å². The van der Waals surface area contributed by atoms with Crippen LogP contribution in [-0.4, -0.2) is 25.1 Å². The van der Waals surface area contributed by atoms with Crippen LogP contribution in [0.4, 0.5) is 0 Å². The van der Waals surface area contributed by atoms with Gasteiger partial charge in [0, 0.05) is 18.3 Å². The van der Waals surface area contributed by atoms with Crippen LogP contribution in [0.5, 0.6) is 0 Å². The summed E-state index contributed by atoms with van der Waals surface area (Å²) in [6.07, 6.45) is 5.06. The molecule has 0 saturated heterocycles. The molecular weight excluding hydrogens is 202 g/mol. The average Bonchev–Trinajstić information content (AvgIpc) is 2.93. The number of nitrogens with one attached hydrogen (secondary N) is 2. The predicted molar refractivity (Wildman–Crippen MR) is 65.1 cm³/mol. The van der Waals surface area contributed by atoms with Crippen LogP contribution in [0.3, 0.4) is 0 Å². The van der Waals surface area contributed by atoms with E-state index in [4.69, 9.17) is 0 Å². The molecule has 0 unspecified atom stereocenters. The van der Waals surface area contributed by atoms with Crippen molar-refractivity contribution < 1.29 is 0 Å². The summed E-state index contributed by atoms with van der Waals surface area (Å²) in [6.45, 7) is 10.1. The van der Waals surface area contributed by atoms with E-state index in [-0.39, 0.29) is 0 Å². The minimum Gasteiger partial charge on any atom is -0.349 e. The Morgan fingerprint density at radius 1 is 1.19 bits per heavy atom. The van der Waals surface area contributed by atoms with E-state index < -0.39 is 0 Å². The molecule has 5 nitrogen and oxygen atoms in total. The van der Waals surface area contributed by atoms with E-state index in [1.165, 1.54) is 6.33 Å². The van der Waals surface area contributed by atoms with E-state index in [0.29, 0.717) is 5.92 Å². The summed E-state index contributed by atoms with van der Waals surface area (Å²) >= 11 is 0. The Hall–Kier alpha value is -1.65. The summed E-state index contributed by atoms with van der Waals surface area (Å²) in [6, 6.07) is 0. The van der Waals surface area contributed by atoms with E-state index in [1.807, 2.05) is 20.8 Å². The van der Waals surface area contributed by atoms with Gasteiger partial charge in [-0.25, -0.2) is 9.97 Å². The summed E-state index contributed by atoms with van der Waals surface area (Å²) in [5.41, 5.74) is 0. The topological polar surface area (TPSA) is 70.2 Å². The molecule has 0 aliphatic carbocycles. The molecule has 0 amide bonds. The maximum Gasteiger partial charge on any atom is 0.137 e. The van der Waals surface area contributed by atoms with Crippen LogP contribution in [0.2, 0.25) is 0 Å². The van der Waals surface area contributed by atoms with Gasteiger partial charge in [0.1, 0.15) is 18.0 Å². The average molecular weight is 223 g/mol. The molecule has 5 heteroatoms. The lowest BCUT2D eigenvalue weighted by Gasteiger charge is -1.93. The maximum atomic E-state index is 3.95. The highest BCUT2D eigenvalue weighted by atomic mass is 15.2. The van der Waals surface area contributed by atoms with Gasteiger partial charge in [-0.05, 0) is 6.92 Å². The number of H-pyrrole nitrogens is 2. The molecule has 2 N–H and O–H groups in total. The summed E-state index contributed by atoms with van der Waals surface area (Å²) in [7, 11) is 0. The molecule has 0 aromatic carbocycles. The molecule has 0 fully saturated rings. The Bertz CT molecular complexity index is 323. The molecule has 0 radical (unpaired) electrons. The van der Waals surface area contributed by atoms with Gasteiger partial charge in [-0.15, -0.1) is 0 Å². The number of aryl methyl sites for hydroxylation is 1. The Morgan fingerprint density at radius 3 is 2.06 bits per heavy atom. The predicted octanol–water partition coefficient (Wildman–Crippen LogP) is 2.67. The minimum atomic E-state index is 0.456. The third-order valence-electron chi connectivity index (χ3n) is 1.62. The zero-order chi connectivity index (χ0) is 12.4. The fourth-order valence-corrected chi connectivity index (χ4v) is 0.837. The Morgan fingerprint density at radius 2 is 1.88 bits per heavy atom. The van der Waals surface area contributed by atoms with Crippen molar-refractivity contribution in [2.75, 3.05) is 0 Å². The van der Waals surface area contributed by atoms with Gasteiger partial charge in [0.25, 0.3) is 0 Å². The van der Waals surface area contributed by atoms with Gasteiger partial charge in [-0.1, -0.05) is 27.7 Å². The molecule has 2 heterocycles. The number of aromatic amines is 2. The molecular formula is C11H21N5. The Labute approximate surface area is 96.7 Å². The first-order valence-corrected chi connectivity index (χ1v) is 5.51. The van der Waals surface area contributed by atoms with Crippen molar-refractivity contribution in [2.45, 2.75) is 40.5 Å². The van der Waals surface area contributed by atoms with Gasteiger partial charge < -0.3 is 4.98 Å². The van der Waals surface area contributed by atoms with Crippen LogP contribution in [0.15, 0.2) is 18.7 Å². The highest BCUT2D eigenvalue weighted by Crippen LogP contribution is 2.04. The highest BCUT2D eigenvalue weighted by Gasteiger charge is 1.97. The first kappa shape index (κ1) is 14.3. The Balaban J connectivity index is 0.000000251. The summed E-state index contributed by atoms with van der Waals surface area (Å²) in [4.78, 5) is 10.7. The van der Waals surface area contributed by atoms with Crippen molar-refractivity contribution in [3.05, 3.63) is 30.4 Å². The van der Waals surface area contributed by atoms with Crippen LogP contribution in [0, 0.1) is 6.92 Å². The van der Waals surface area contributed by atoms with Gasteiger partial charge in [-0.2, -0.15) is 5.10 Å². The van der Waals surface area contributed by atoms with E-state index >= 15 is 0 Å². The van der Waals surface area contributed by atoms with Gasteiger partial charge in [0.2, 0.25) is 0 Å². The third-order valence-corrected chi connectivity index (χ3v) is 1.62. The zero-order valence-corrected chi connectivity index (χ0v) is 10.7. The first-order chi connectivity index (χ1) is 7.70. The first-order valence-electron chi connectivity index (χ1n) is 5.51. The maximum absolute atomic E-state index is 3.95. The molecule has 2 aromatic rings. The van der Waals surface area contributed by atoms with Crippen LogP contribution in [0.25, 0.3) is 0 Å². The number of aromatic nitrogens is 5. The third kappa shape index (κ3) is 5.95. The van der Waals surface area contributed by atoms with Crippen molar-refractivity contribution in [3.63, 3.8) is 0 Å². The fraction of sp³-hybridized carbons (Fsp3) is 0.545. The summed E-state index contributed by atoms with van der Waals surface area (Å²) in [5, 5.41) is 6.48. The van der Waals surface area contributed by atoms with Crippen molar-refractivity contribution >= 4 is 0 Å². The van der Waals surface area contributed by atoms with Crippen LogP contribution in [-0.2, 0) is 0 Å². The summed E-state index contributed by atoms with van der Waals surface area (Å²) in [5.74, 6) is 2.37. The van der Waals surface area contributed by atoms with Gasteiger partial charge in [0.15, 0.2) is 0 Å². The molecule has 0 spiro atoms. The minimum absolute atomic E-state index is 0.456. The van der Waals surface area contributed by atoms with Crippen LogP contribution >= 0.6 is 0 Å². The smallest absolute Gasteiger partial charge is 0.137 e. The molecule has 0 aliphatic heterocycles. The van der Waals surface area contributed by atoms with Gasteiger partial charge in [0.05, 0.1) is 0 Å². The molecule has 0 aliphatic rings. The van der Waals surface area contributed by atoms with Gasteiger partial charge >= 0.3 is 0 Å². The SMILES string of the molecule is CC.CC(C)c1ncn[nH]1.Cc1ncc[nH]1. The van der Waals surface area contributed by atoms with Gasteiger partial charge in [-0.3, -0.25) is 5.10 Å². The largest absolute Gasteiger partial charge is 0.349 e. The monoisotopic (exact) mass is 223 g/mol. The lowest BCUT2D eigenvalue weighted by molar-refractivity contribution is 0.781. The summed E-state index contributed by atoms with van der Waals surface area (Å²) < 4.78 is 0. The number of nitrogens with zero attached hydrogens (tertiary/aromatic N) is 3. The lowest BCUT2D eigenvalue weighted by Crippen LogP contribution is -1.88. The lowest BCUT2D eigenvalue weighted by atomic mass is 10.2. The van der Waals surface area contributed by atoms with Crippen molar-refractivity contribution in [1.29, 1.82) is 0 Å². The second-order valence-electron chi connectivity index (χ2n) is 3.20. The van der Waals surface area contributed by atoms with E-state index in [1.54, 1.807) is 12.4 Å². The van der Waals surface area contributed by atoms with Crippen molar-refractivity contribution in [3.8, 4) is 0 Å².